The maximum Gasteiger partial charge on any atom is 0.573 e. The smallest absolute Gasteiger partial charge is 0.481 e. The van der Waals surface area contributed by atoms with E-state index in [2.05, 4.69) is 10.1 Å². The number of halogens is 3. The molecule has 2 atom stereocenters. The summed E-state index contributed by atoms with van der Waals surface area (Å²) in [4.78, 5) is 22.8. The fraction of sp³-hybridized carbons (Fsp3) is 0.429. The minimum absolute atomic E-state index is 0.188. The molecule has 0 saturated heterocycles. The van der Waals surface area contributed by atoms with E-state index in [-0.39, 0.29) is 11.6 Å². The van der Waals surface area contributed by atoms with Gasteiger partial charge in [0, 0.05) is 11.6 Å². The summed E-state index contributed by atoms with van der Waals surface area (Å²) in [6.45, 7) is 0. The van der Waals surface area contributed by atoms with Gasteiger partial charge in [-0.3, -0.25) is 9.59 Å². The van der Waals surface area contributed by atoms with E-state index in [4.69, 9.17) is 5.11 Å². The van der Waals surface area contributed by atoms with Gasteiger partial charge in [0.05, 0.1) is 5.92 Å². The first-order chi connectivity index (χ1) is 10.2. The normalized spacial score (nSPS) is 21.4. The van der Waals surface area contributed by atoms with Gasteiger partial charge in [0.25, 0.3) is 5.91 Å². The summed E-state index contributed by atoms with van der Waals surface area (Å²) in [6, 6.07) is 4.31. The molecule has 2 rings (SSSR count). The van der Waals surface area contributed by atoms with Gasteiger partial charge in [-0.2, -0.15) is 0 Å². The van der Waals surface area contributed by atoms with Crippen LogP contribution in [0.2, 0.25) is 0 Å². The molecule has 0 spiro atoms. The Bertz CT molecular complexity index is 556. The number of amides is 1. The van der Waals surface area contributed by atoms with Crippen LogP contribution in [0.25, 0.3) is 0 Å². The van der Waals surface area contributed by atoms with E-state index in [1.165, 1.54) is 12.1 Å². The second kappa shape index (κ2) is 6.25. The zero-order valence-electron chi connectivity index (χ0n) is 11.4. The standard InChI is InChI=1S/C14H14F3NO4/c15-14(16,17)22-11-5-2-8(3-6-11)12(19)18-10-4-1-9(7-10)13(20)21/h2-3,5-6,9-10H,1,4,7H2,(H,18,19)(H,20,21)/t9-,10+/m1/s1. The fourth-order valence-corrected chi connectivity index (χ4v) is 2.41. The lowest BCUT2D eigenvalue weighted by molar-refractivity contribution is -0.274. The highest BCUT2D eigenvalue weighted by Gasteiger charge is 2.32. The Morgan fingerprint density at radius 1 is 1.18 bits per heavy atom. The SMILES string of the molecule is O=C(N[C@H]1CC[C@@H](C(=O)O)C1)c1ccc(OC(F)(F)F)cc1. The first kappa shape index (κ1) is 16.1. The Balaban J connectivity index is 1.92. The van der Waals surface area contributed by atoms with Crippen molar-refractivity contribution in [3.63, 3.8) is 0 Å². The van der Waals surface area contributed by atoms with Crippen LogP contribution in [-0.4, -0.2) is 29.4 Å². The summed E-state index contributed by atoms with van der Waals surface area (Å²) < 4.78 is 39.8. The van der Waals surface area contributed by atoms with E-state index in [0.29, 0.717) is 19.3 Å². The maximum absolute atomic E-state index is 12.0. The summed E-state index contributed by atoms with van der Waals surface area (Å²) >= 11 is 0. The van der Waals surface area contributed by atoms with Crippen LogP contribution in [0.5, 0.6) is 5.75 Å². The largest absolute Gasteiger partial charge is 0.573 e. The number of benzene rings is 1. The van der Waals surface area contributed by atoms with Crippen LogP contribution in [0, 0.1) is 5.92 Å². The van der Waals surface area contributed by atoms with Gasteiger partial charge in [0.1, 0.15) is 5.75 Å². The van der Waals surface area contributed by atoms with E-state index in [0.717, 1.165) is 12.1 Å². The molecule has 1 saturated carbocycles. The van der Waals surface area contributed by atoms with Gasteiger partial charge >= 0.3 is 12.3 Å². The van der Waals surface area contributed by atoms with E-state index in [1.54, 1.807) is 0 Å². The summed E-state index contributed by atoms with van der Waals surface area (Å²) in [5, 5.41) is 11.6. The third-order valence-electron chi connectivity index (χ3n) is 3.47. The van der Waals surface area contributed by atoms with Crippen LogP contribution in [0.15, 0.2) is 24.3 Å². The Morgan fingerprint density at radius 2 is 1.82 bits per heavy atom. The molecular weight excluding hydrogens is 303 g/mol. The molecule has 0 radical (unpaired) electrons. The van der Waals surface area contributed by atoms with Crippen molar-refractivity contribution >= 4 is 11.9 Å². The molecule has 120 valence electrons. The molecule has 8 heteroatoms. The zero-order chi connectivity index (χ0) is 16.3. The highest BCUT2D eigenvalue weighted by atomic mass is 19.4. The second-order valence-corrected chi connectivity index (χ2v) is 5.09. The molecule has 2 N–H and O–H groups in total. The van der Waals surface area contributed by atoms with E-state index in [1.807, 2.05) is 0 Å². The Hall–Kier alpha value is -2.25. The van der Waals surface area contributed by atoms with Crippen molar-refractivity contribution in [2.24, 2.45) is 5.92 Å². The number of alkyl halides is 3. The van der Waals surface area contributed by atoms with Gasteiger partial charge in [-0.15, -0.1) is 13.2 Å². The molecule has 22 heavy (non-hydrogen) atoms. The fourth-order valence-electron chi connectivity index (χ4n) is 2.41. The lowest BCUT2D eigenvalue weighted by Crippen LogP contribution is -2.33. The minimum Gasteiger partial charge on any atom is -0.481 e. The monoisotopic (exact) mass is 317 g/mol. The van der Waals surface area contributed by atoms with E-state index >= 15 is 0 Å². The van der Waals surface area contributed by atoms with Gasteiger partial charge in [-0.25, -0.2) is 0 Å². The molecule has 1 aliphatic carbocycles. The van der Waals surface area contributed by atoms with Crippen LogP contribution in [0.4, 0.5) is 13.2 Å². The van der Waals surface area contributed by atoms with Gasteiger partial charge in [0.15, 0.2) is 0 Å². The minimum atomic E-state index is -4.78. The van der Waals surface area contributed by atoms with Crippen molar-refractivity contribution in [2.45, 2.75) is 31.7 Å². The highest BCUT2D eigenvalue weighted by molar-refractivity contribution is 5.94. The number of hydrogen-bond donors (Lipinski definition) is 2. The maximum atomic E-state index is 12.0. The van der Waals surface area contributed by atoms with Crippen LogP contribution in [-0.2, 0) is 4.79 Å². The van der Waals surface area contributed by atoms with Crippen molar-refractivity contribution in [3.05, 3.63) is 29.8 Å². The van der Waals surface area contributed by atoms with Crippen molar-refractivity contribution < 1.29 is 32.6 Å². The Morgan fingerprint density at radius 3 is 2.32 bits per heavy atom. The molecule has 0 heterocycles. The zero-order valence-corrected chi connectivity index (χ0v) is 11.4. The number of aliphatic carboxylic acids is 1. The molecule has 5 nitrogen and oxygen atoms in total. The lowest BCUT2D eigenvalue weighted by atomic mass is 10.1. The predicted octanol–water partition coefficient (Wildman–Crippen LogP) is 2.57. The predicted molar refractivity (Wildman–Crippen MR) is 69.4 cm³/mol. The third-order valence-corrected chi connectivity index (χ3v) is 3.47. The average Bonchev–Trinajstić information content (AvgIpc) is 2.86. The molecule has 1 aromatic carbocycles. The molecule has 0 bridgehead atoms. The summed E-state index contributed by atoms with van der Waals surface area (Å²) in [7, 11) is 0. The molecule has 1 amide bonds. The van der Waals surface area contributed by atoms with E-state index in [9.17, 15) is 22.8 Å². The Labute approximate surface area is 124 Å². The van der Waals surface area contributed by atoms with Crippen molar-refractivity contribution in [1.82, 2.24) is 5.32 Å². The number of ether oxygens (including phenoxy) is 1. The summed E-state index contributed by atoms with van der Waals surface area (Å²) in [5.74, 6) is -2.20. The molecule has 0 aromatic heterocycles. The quantitative estimate of drug-likeness (QED) is 0.895. The van der Waals surface area contributed by atoms with Gasteiger partial charge < -0.3 is 15.2 Å². The van der Waals surface area contributed by atoms with Gasteiger partial charge in [0.2, 0.25) is 0 Å². The van der Waals surface area contributed by atoms with Gasteiger partial charge in [-0.1, -0.05) is 0 Å². The van der Waals surface area contributed by atoms with Gasteiger partial charge in [-0.05, 0) is 43.5 Å². The number of carboxylic acid groups (broad SMARTS) is 1. The molecule has 1 aromatic rings. The van der Waals surface area contributed by atoms with Crippen molar-refractivity contribution in [3.8, 4) is 5.75 Å². The number of rotatable bonds is 4. The first-order valence-corrected chi connectivity index (χ1v) is 6.64. The number of carbonyl (C=O) groups excluding carboxylic acids is 1. The molecule has 0 unspecified atom stereocenters. The van der Waals surface area contributed by atoms with Crippen LogP contribution in [0.3, 0.4) is 0 Å². The topological polar surface area (TPSA) is 75.6 Å². The molecule has 1 fully saturated rings. The van der Waals surface area contributed by atoms with E-state index < -0.39 is 29.9 Å². The van der Waals surface area contributed by atoms with Crippen LogP contribution < -0.4 is 10.1 Å². The summed E-state index contributed by atoms with van der Waals surface area (Å²) in [5.41, 5.74) is 0.188. The molecule has 0 aliphatic heterocycles. The van der Waals surface area contributed by atoms with Crippen LogP contribution >= 0.6 is 0 Å². The number of carboxylic acids is 1. The van der Waals surface area contributed by atoms with Crippen LogP contribution in [0.1, 0.15) is 29.6 Å². The lowest BCUT2D eigenvalue weighted by Gasteiger charge is -2.13. The number of nitrogens with one attached hydrogen (secondary N) is 1. The third kappa shape index (κ3) is 4.37. The first-order valence-electron chi connectivity index (χ1n) is 6.64. The molecule has 1 aliphatic rings. The average molecular weight is 317 g/mol. The number of carbonyl (C=O) groups is 2. The Kier molecular flexibility index (Phi) is 4.58. The molecular formula is C14H14F3NO4. The highest BCUT2D eigenvalue weighted by Crippen LogP contribution is 2.26. The van der Waals surface area contributed by atoms with Crippen molar-refractivity contribution in [1.29, 1.82) is 0 Å². The second-order valence-electron chi connectivity index (χ2n) is 5.09. The number of hydrogen-bond acceptors (Lipinski definition) is 3. The summed E-state index contributed by atoms with van der Waals surface area (Å²) in [6.07, 6.45) is -3.35. The van der Waals surface area contributed by atoms with Crippen molar-refractivity contribution in [2.75, 3.05) is 0 Å².